The molecule has 7 nitrogen and oxygen atoms in total. The third-order valence-electron chi connectivity index (χ3n) is 3.14. The lowest BCUT2D eigenvalue weighted by molar-refractivity contribution is -0.384. The van der Waals surface area contributed by atoms with Crippen molar-refractivity contribution in [3.8, 4) is 0 Å². The second kappa shape index (κ2) is 7.07. The van der Waals surface area contributed by atoms with Crippen LogP contribution in [0.2, 0.25) is 0 Å². The summed E-state index contributed by atoms with van der Waals surface area (Å²) in [6.07, 6.45) is 0.581. The summed E-state index contributed by atoms with van der Waals surface area (Å²) >= 11 is 3.20. The van der Waals surface area contributed by atoms with Crippen LogP contribution in [0.1, 0.15) is 5.56 Å². The molecule has 0 bridgehead atoms. The Bertz CT molecular complexity index is 822. The molecule has 0 aliphatic carbocycles. The van der Waals surface area contributed by atoms with Crippen LogP contribution in [-0.2, 0) is 16.4 Å². The molecule has 0 aliphatic heterocycles. The number of nitrogens with one attached hydrogen (secondary N) is 1. The standard InChI is InChI=1S/C14H14BrN3O4S/c15-11-3-6-13(14(9-11)18(19)20)17-8-7-10-1-4-12(5-2-10)23(16,21)22/h1-6,9,17H,7-8H2,(H2,16,21,22). The molecule has 2 aromatic rings. The molecule has 0 saturated carbocycles. The Hall–Kier alpha value is -1.97. The van der Waals surface area contributed by atoms with E-state index in [-0.39, 0.29) is 10.6 Å². The first-order valence-electron chi connectivity index (χ1n) is 6.57. The normalized spacial score (nSPS) is 11.2. The van der Waals surface area contributed by atoms with Crippen molar-refractivity contribution >= 4 is 37.3 Å². The van der Waals surface area contributed by atoms with Crippen LogP contribution < -0.4 is 10.5 Å². The molecule has 9 heteroatoms. The van der Waals surface area contributed by atoms with Gasteiger partial charge in [-0.2, -0.15) is 0 Å². The van der Waals surface area contributed by atoms with Crippen molar-refractivity contribution in [2.75, 3.05) is 11.9 Å². The maximum atomic E-state index is 11.2. The minimum atomic E-state index is -3.70. The zero-order valence-electron chi connectivity index (χ0n) is 11.9. The van der Waals surface area contributed by atoms with Gasteiger partial charge in [-0.3, -0.25) is 10.1 Å². The summed E-state index contributed by atoms with van der Waals surface area (Å²) in [5, 5.41) is 19.1. The van der Waals surface area contributed by atoms with Gasteiger partial charge in [-0.15, -0.1) is 0 Å². The summed E-state index contributed by atoms with van der Waals surface area (Å²) in [6.45, 7) is 0.469. The third kappa shape index (κ3) is 4.75. The Morgan fingerprint density at radius 3 is 2.39 bits per heavy atom. The molecule has 3 N–H and O–H groups in total. The first kappa shape index (κ1) is 17.4. The van der Waals surface area contributed by atoms with Crippen LogP contribution in [-0.4, -0.2) is 19.9 Å². The number of anilines is 1. The summed E-state index contributed by atoms with van der Waals surface area (Å²) < 4.78 is 23.0. The molecule has 122 valence electrons. The molecule has 0 aromatic heterocycles. The quantitative estimate of drug-likeness (QED) is 0.571. The first-order chi connectivity index (χ1) is 10.8. The number of nitro benzene ring substituents is 1. The fraction of sp³-hybridized carbons (Fsp3) is 0.143. The van der Waals surface area contributed by atoms with Crippen molar-refractivity contribution in [3.05, 3.63) is 62.6 Å². The summed E-state index contributed by atoms with van der Waals surface area (Å²) in [4.78, 5) is 10.6. The molecule has 0 unspecified atom stereocenters. The Labute approximate surface area is 141 Å². The Morgan fingerprint density at radius 2 is 1.83 bits per heavy atom. The number of hydrogen-bond acceptors (Lipinski definition) is 5. The van der Waals surface area contributed by atoms with E-state index in [9.17, 15) is 18.5 Å². The van der Waals surface area contributed by atoms with Crippen molar-refractivity contribution in [2.24, 2.45) is 5.14 Å². The first-order valence-corrected chi connectivity index (χ1v) is 8.91. The SMILES string of the molecule is NS(=O)(=O)c1ccc(CCNc2ccc(Br)cc2[N+](=O)[O-])cc1. The zero-order valence-corrected chi connectivity index (χ0v) is 14.3. The lowest BCUT2D eigenvalue weighted by Crippen LogP contribution is -2.12. The maximum Gasteiger partial charge on any atom is 0.293 e. The molecule has 2 aromatic carbocycles. The fourth-order valence-electron chi connectivity index (χ4n) is 1.99. The van der Waals surface area contributed by atoms with Gasteiger partial charge in [0.1, 0.15) is 5.69 Å². The number of primary sulfonamides is 1. The highest BCUT2D eigenvalue weighted by Gasteiger charge is 2.13. The maximum absolute atomic E-state index is 11.2. The number of hydrogen-bond donors (Lipinski definition) is 2. The molecule has 0 amide bonds. The third-order valence-corrected chi connectivity index (χ3v) is 4.56. The van der Waals surface area contributed by atoms with Crippen molar-refractivity contribution < 1.29 is 13.3 Å². The van der Waals surface area contributed by atoms with Crippen LogP contribution in [0.15, 0.2) is 51.8 Å². The fourth-order valence-corrected chi connectivity index (χ4v) is 2.86. The largest absolute Gasteiger partial charge is 0.379 e. The molecule has 0 spiro atoms. The number of sulfonamides is 1. The van der Waals surface area contributed by atoms with E-state index in [4.69, 9.17) is 5.14 Å². The predicted molar refractivity (Wildman–Crippen MR) is 90.8 cm³/mol. The second-order valence-electron chi connectivity index (χ2n) is 4.78. The monoisotopic (exact) mass is 399 g/mol. The van der Waals surface area contributed by atoms with Crippen LogP contribution in [0.4, 0.5) is 11.4 Å². The molecule has 0 saturated heterocycles. The van der Waals surface area contributed by atoms with Crippen LogP contribution in [0, 0.1) is 10.1 Å². The van der Waals surface area contributed by atoms with Gasteiger partial charge in [0.25, 0.3) is 5.69 Å². The topological polar surface area (TPSA) is 115 Å². The highest BCUT2D eigenvalue weighted by molar-refractivity contribution is 9.10. The van der Waals surface area contributed by atoms with E-state index in [1.54, 1.807) is 24.3 Å². The summed E-state index contributed by atoms with van der Waals surface area (Å²) in [5.41, 5.74) is 1.31. The smallest absolute Gasteiger partial charge is 0.293 e. The van der Waals surface area contributed by atoms with Crippen molar-refractivity contribution in [2.45, 2.75) is 11.3 Å². The Balaban J connectivity index is 2.02. The summed E-state index contributed by atoms with van der Waals surface area (Å²) in [7, 11) is -3.70. The van der Waals surface area contributed by atoms with E-state index < -0.39 is 14.9 Å². The minimum Gasteiger partial charge on any atom is -0.379 e. The molecule has 0 aliphatic rings. The number of nitrogens with zero attached hydrogens (tertiary/aromatic N) is 1. The second-order valence-corrected chi connectivity index (χ2v) is 7.26. The summed E-state index contributed by atoms with van der Waals surface area (Å²) in [5.74, 6) is 0. The molecule has 2 rings (SSSR count). The van der Waals surface area contributed by atoms with Crippen molar-refractivity contribution in [1.82, 2.24) is 0 Å². The Kier molecular flexibility index (Phi) is 5.34. The van der Waals surface area contributed by atoms with Crippen LogP contribution in [0.25, 0.3) is 0 Å². The van der Waals surface area contributed by atoms with E-state index in [2.05, 4.69) is 21.2 Å². The minimum absolute atomic E-state index is 0.0102. The van der Waals surface area contributed by atoms with E-state index in [1.807, 2.05) is 0 Å². The molecular formula is C14H14BrN3O4S. The molecule has 0 atom stereocenters. The van der Waals surface area contributed by atoms with Crippen molar-refractivity contribution in [3.63, 3.8) is 0 Å². The number of nitro groups is 1. The zero-order chi connectivity index (χ0) is 17.0. The lowest BCUT2D eigenvalue weighted by atomic mass is 10.1. The van der Waals surface area contributed by atoms with Gasteiger partial charge in [0.15, 0.2) is 0 Å². The number of rotatable bonds is 6. The van der Waals surface area contributed by atoms with E-state index in [1.165, 1.54) is 18.2 Å². The van der Waals surface area contributed by atoms with Gasteiger partial charge >= 0.3 is 0 Å². The van der Waals surface area contributed by atoms with Gasteiger partial charge in [-0.25, -0.2) is 13.6 Å². The number of benzene rings is 2. The Morgan fingerprint density at radius 1 is 1.17 bits per heavy atom. The molecule has 23 heavy (non-hydrogen) atoms. The van der Waals surface area contributed by atoms with Crippen molar-refractivity contribution in [1.29, 1.82) is 0 Å². The molecule has 0 radical (unpaired) electrons. The van der Waals surface area contributed by atoms with Gasteiger partial charge in [-0.05, 0) is 36.2 Å². The van der Waals surface area contributed by atoms with Gasteiger partial charge in [0.05, 0.1) is 9.82 Å². The average Bonchev–Trinajstić information content (AvgIpc) is 2.48. The van der Waals surface area contributed by atoms with Crippen LogP contribution in [0.3, 0.4) is 0 Å². The molecular weight excluding hydrogens is 386 g/mol. The van der Waals surface area contributed by atoms with Crippen LogP contribution >= 0.6 is 15.9 Å². The van der Waals surface area contributed by atoms with Gasteiger partial charge in [-0.1, -0.05) is 28.1 Å². The van der Waals surface area contributed by atoms with Gasteiger partial charge in [0.2, 0.25) is 10.0 Å². The highest BCUT2D eigenvalue weighted by Crippen LogP contribution is 2.27. The predicted octanol–water partition coefficient (Wildman–Crippen LogP) is 2.66. The number of halogens is 1. The molecule has 0 fully saturated rings. The lowest BCUT2D eigenvalue weighted by Gasteiger charge is -2.08. The van der Waals surface area contributed by atoms with E-state index in [0.29, 0.717) is 23.1 Å². The van der Waals surface area contributed by atoms with E-state index in [0.717, 1.165) is 5.56 Å². The average molecular weight is 400 g/mol. The van der Waals surface area contributed by atoms with Gasteiger partial charge < -0.3 is 5.32 Å². The number of nitrogens with two attached hydrogens (primary N) is 1. The highest BCUT2D eigenvalue weighted by atomic mass is 79.9. The van der Waals surface area contributed by atoms with E-state index >= 15 is 0 Å². The van der Waals surface area contributed by atoms with Gasteiger partial charge in [0, 0.05) is 17.1 Å². The van der Waals surface area contributed by atoms with Crippen LogP contribution in [0.5, 0.6) is 0 Å². The summed E-state index contributed by atoms with van der Waals surface area (Å²) in [6, 6.07) is 11.0. The molecule has 0 heterocycles.